The average Bonchev–Trinajstić information content (AvgIpc) is 3.28. The number of halogens is 3. The minimum Gasteiger partial charge on any atom is -0.372 e. The van der Waals surface area contributed by atoms with E-state index in [2.05, 4.69) is 27.8 Å². The lowest BCUT2D eigenvalue weighted by molar-refractivity contribution is -0.0904. The van der Waals surface area contributed by atoms with Crippen molar-refractivity contribution in [3.05, 3.63) is 106 Å². The number of nitrogens with zero attached hydrogens (tertiary/aromatic N) is 3. The van der Waals surface area contributed by atoms with Gasteiger partial charge >= 0.3 is 6.18 Å². The predicted octanol–water partition coefficient (Wildman–Crippen LogP) is 6.95. The van der Waals surface area contributed by atoms with Crippen molar-refractivity contribution in [3.8, 4) is 11.1 Å². The molecule has 7 rings (SSSR count). The molecule has 206 valence electrons. The third-order valence-corrected chi connectivity index (χ3v) is 8.74. The summed E-state index contributed by atoms with van der Waals surface area (Å²) in [4.78, 5) is 19.9. The molecule has 1 saturated heterocycles. The summed E-state index contributed by atoms with van der Waals surface area (Å²) in [6, 6.07) is 17.1. The number of piperazine rings is 1. The molecule has 1 aliphatic heterocycles. The molecule has 9 heteroatoms. The van der Waals surface area contributed by atoms with Gasteiger partial charge in [0.05, 0.1) is 16.6 Å². The van der Waals surface area contributed by atoms with Crippen LogP contribution < -0.4 is 10.9 Å². The van der Waals surface area contributed by atoms with Crippen LogP contribution in [0.5, 0.6) is 0 Å². The van der Waals surface area contributed by atoms with Gasteiger partial charge in [0.15, 0.2) is 0 Å². The number of hydrogen-bond acceptors (Lipinski definition) is 5. The smallest absolute Gasteiger partial charge is 0.372 e. The maximum absolute atomic E-state index is 14.6. The fourth-order valence-electron chi connectivity index (χ4n) is 5.84. The van der Waals surface area contributed by atoms with Gasteiger partial charge in [-0.25, -0.2) is 0 Å². The van der Waals surface area contributed by atoms with Crippen molar-refractivity contribution in [2.24, 2.45) is 0 Å². The van der Waals surface area contributed by atoms with Crippen molar-refractivity contribution in [1.82, 2.24) is 19.8 Å². The van der Waals surface area contributed by atoms with Gasteiger partial charge in [-0.1, -0.05) is 30.3 Å². The molecule has 0 bridgehead atoms. The number of fused-ring (bicyclic) bond motifs is 4. The molecule has 0 saturated carbocycles. The van der Waals surface area contributed by atoms with Crippen LogP contribution in [0.1, 0.15) is 6.42 Å². The van der Waals surface area contributed by atoms with Crippen LogP contribution in [0.15, 0.2) is 100 Å². The van der Waals surface area contributed by atoms with E-state index in [1.807, 2.05) is 30.3 Å². The molecular formula is C32H25F3N4OS. The quantitative estimate of drug-likeness (QED) is 0.239. The number of benzene rings is 2. The molecule has 0 spiro atoms. The Morgan fingerprint density at radius 1 is 0.976 bits per heavy atom. The summed E-state index contributed by atoms with van der Waals surface area (Å²) >= 11 is 1.65. The molecule has 0 unspecified atom stereocenters. The van der Waals surface area contributed by atoms with Gasteiger partial charge in [-0.3, -0.25) is 14.3 Å². The standard InChI is InChI=1S/C32H25F3N4OS/c33-32(34,35)26-17-22(4-3-6-28(26)38-14-12-36-13-15-38)39-30(40)11-9-21-18-37-27-10-8-20(16-24(27)31(21)39)25-19-41-29-7-2-1-5-23(25)29/h1-5,7-11,16-19,36H,6,12-15H2. The summed E-state index contributed by atoms with van der Waals surface area (Å²) in [6.45, 7) is 2.24. The molecule has 0 radical (unpaired) electrons. The number of alkyl halides is 3. The molecule has 2 aliphatic rings. The van der Waals surface area contributed by atoms with E-state index in [0.29, 0.717) is 48.0 Å². The number of aromatic nitrogens is 2. The van der Waals surface area contributed by atoms with E-state index in [9.17, 15) is 18.0 Å². The minimum atomic E-state index is -4.58. The van der Waals surface area contributed by atoms with Crippen molar-refractivity contribution in [1.29, 1.82) is 0 Å². The molecule has 4 heterocycles. The molecule has 1 aliphatic carbocycles. The fraction of sp³-hybridized carbons (Fsp3) is 0.188. The van der Waals surface area contributed by atoms with Gasteiger partial charge in [0, 0.05) is 82.7 Å². The highest BCUT2D eigenvalue weighted by Crippen LogP contribution is 2.38. The highest BCUT2D eigenvalue weighted by Gasteiger charge is 2.37. The Balaban J connectivity index is 1.48. The molecule has 1 fully saturated rings. The Kier molecular flexibility index (Phi) is 6.28. The van der Waals surface area contributed by atoms with E-state index in [-0.39, 0.29) is 17.8 Å². The summed E-state index contributed by atoms with van der Waals surface area (Å²) in [7, 11) is 0. The Bertz CT molecular complexity index is 1980. The second kappa shape index (κ2) is 10.0. The molecule has 0 amide bonds. The molecule has 5 aromatic rings. The van der Waals surface area contributed by atoms with Crippen molar-refractivity contribution in [2.75, 3.05) is 26.2 Å². The summed E-state index contributed by atoms with van der Waals surface area (Å²) < 4.78 is 46.2. The zero-order chi connectivity index (χ0) is 28.1. The maximum Gasteiger partial charge on any atom is 0.418 e. The molecule has 3 aromatic heterocycles. The van der Waals surface area contributed by atoms with Crippen molar-refractivity contribution >= 4 is 48.9 Å². The first-order valence-electron chi connectivity index (χ1n) is 13.4. The zero-order valence-electron chi connectivity index (χ0n) is 21.9. The van der Waals surface area contributed by atoms with Crippen LogP contribution in [-0.2, 0) is 0 Å². The second-order valence-corrected chi connectivity index (χ2v) is 11.1. The topological polar surface area (TPSA) is 50.2 Å². The first-order valence-corrected chi connectivity index (χ1v) is 14.3. The van der Waals surface area contributed by atoms with E-state index in [1.165, 1.54) is 10.6 Å². The monoisotopic (exact) mass is 570 g/mol. The third kappa shape index (κ3) is 4.55. The van der Waals surface area contributed by atoms with Crippen LogP contribution in [-0.4, -0.2) is 46.8 Å². The van der Waals surface area contributed by atoms with E-state index >= 15 is 0 Å². The van der Waals surface area contributed by atoms with Gasteiger partial charge in [0.2, 0.25) is 0 Å². The van der Waals surface area contributed by atoms with Gasteiger partial charge in [0.25, 0.3) is 5.56 Å². The lowest BCUT2D eigenvalue weighted by Crippen LogP contribution is -2.43. The normalized spacial score (nSPS) is 16.6. The van der Waals surface area contributed by atoms with Crippen LogP contribution in [0.4, 0.5) is 13.2 Å². The molecule has 0 atom stereocenters. The van der Waals surface area contributed by atoms with Gasteiger partial charge in [-0.15, -0.1) is 11.3 Å². The summed E-state index contributed by atoms with van der Waals surface area (Å²) in [5, 5.41) is 7.79. The van der Waals surface area contributed by atoms with Crippen LogP contribution in [0.25, 0.3) is 48.7 Å². The van der Waals surface area contributed by atoms with Gasteiger partial charge in [-0.05, 0) is 47.4 Å². The van der Waals surface area contributed by atoms with Crippen molar-refractivity contribution in [3.63, 3.8) is 0 Å². The number of rotatable bonds is 3. The third-order valence-electron chi connectivity index (χ3n) is 7.77. The zero-order valence-corrected chi connectivity index (χ0v) is 22.7. The fourth-order valence-corrected chi connectivity index (χ4v) is 6.81. The lowest BCUT2D eigenvalue weighted by Gasteiger charge is -2.33. The van der Waals surface area contributed by atoms with Crippen LogP contribution >= 0.6 is 11.3 Å². The number of hydrogen-bond donors (Lipinski definition) is 1. The molecular weight excluding hydrogens is 545 g/mol. The lowest BCUT2D eigenvalue weighted by atomic mass is 10.0. The first-order chi connectivity index (χ1) is 19.9. The maximum atomic E-state index is 14.6. The molecule has 1 N–H and O–H groups in total. The van der Waals surface area contributed by atoms with E-state index in [0.717, 1.165) is 27.3 Å². The largest absolute Gasteiger partial charge is 0.418 e. The van der Waals surface area contributed by atoms with Gasteiger partial charge in [0.1, 0.15) is 0 Å². The van der Waals surface area contributed by atoms with Gasteiger partial charge in [-0.2, -0.15) is 13.2 Å². The Labute approximate surface area is 237 Å². The van der Waals surface area contributed by atoms with Crippen LogP contribution in [0.2, 0.25) is 0 Å². The highest BCUT2D eigenvalue weighted by molar-refractivity contribution is 7.17. The number of nitrogens with one attached hydrogen (secondary N) is 1. The van der Waals surface area contributed by atoms with E-state index in [1.54, 1.807) is 40.7 Å². The SMILES string of the molecule is O=c1ccc2cnc3ccc(-c4csc5ccccc45)cc3c2n1C1=CC(C(F)(F)F)=C(N2CCNCC2)CC=C1. The highest BCUT2D eigenvalue weighted by atomic mass is 32.1. The summed E-state index contributed by atoms with van der Waals surface area (Å²) in [5.41, 5.74) is 2.50. The summed E-state index contributed by atoms with van der Waals surface area (Å²) in [5.74, 6) is 0. The van der Waals surface area contributed by atoms with Crippen molar-refractivity contribution < 1.29 is 13.2 Å². The number of pyridine rings is 2. The number of allylic oxidation sites excluding steroid dienone is 5. The first kappa shape index (κ1) is 25.7. The minimum absolute atomic E-state index is 0.131. The Morgan fingerprint density at radius 2 is 1.80 bits per heavy atom. The van der Waals surface area contributed by atoms with Gasteiger partial charge < -0.3 is 10.2 Å². The predicted molar refractivity (Wildman–Crippen MR) is 160 cm³/mol. The van der Waals surface area contributed by atoms with Crippen LogP contribution in [0.3, 0.4) is 0 Å². The molecule has 2 aromatic carbocycles. The molecule has 5 nitrogen and oxygen atoms in total. The Hall–Kier alpha value is -4.21. The number of thiophene rings is 1. The van der Waals surface area contributed by atoms with Crippen LogP contribution in [0, 0.1) is 0 Å². The van der Waals surface area contributed by atoms with Crippen molar-refractivity contribution in [2.45, 2.75) is 12.6 Å². The average molecular weight is 571 g/mol. The summed E-state index contributed by atoms with van der Waals surface area (Å²) in [6.07, 6.45) is 1.70. The molecule has 41 heavy (non-hydrogen) atoms. The second-order valence-electron chi connectivity index (χ2n) is 10.2. The Morgan fingerprint density at radius 3 is 2.63 bits per heavy atom. The van der Waals surface area contributed by atoms with E-state index in [4.69, 9.17) is 0 Å². The van der Waals surface area contributed by atoms with E-state index < -0.39 is 17.3 Å².